The molecule has 0 saturated heterocycles. The molecule has 2 aromatic carbocycles. The highest BCUT2D eigenvalue weighted by atomic mass is 35.5. The second kappa shape index (κ2) is 10.8. The van der Waals surface area contributed by atoms with Crippen molar-refractivity contribution in [2.24, 2.45) is 0 Å². The molecule has 8 nitrogen and oxygen atoms in total. The zero-order valence-corrected chi connectivity index (χ0v) is 17.3. The van der Waals surface area contributed by atoms with Crippen LogP contribution in [0.1, 0.15) is 13.3 Å². The second-order valence-electron chi connectivity index (χ2n) is 5.89. The number of anilines is 1. The van der Waals surface area contributed by atoms with Gasteiger partial charge in [-0.05, 0) is 43.3 Å². The van der Waals surface area contributed by atoms with Gasteiger partial charge in [0.15, 0.2) is 6.61 Å². The first-order valence-electron chi connectivity index (χ1n) is 8.85. The van der Waals surface area contributed by atoms with E-state index in [0.29, 0.717) is 18.0 Å². The molecule has 2 rings (SSSR count). The highest BCUT2D eigenvalue weighted by Crippen LogP contribution is 2.20. The summed E-state index contributed by atoms with van der Waals surface area (Å²) in [6.07, 6.45) is -0.0564. The van der Waals surface area contributed by atoms with Crippen LogP contribution in [-0.4, -0.2) is 39.9 Å². The minimum Gasteiger partial charge on any atom is -0.484 e. The summed E-state index contributed by atoms with van der Waals surface area (Å²) in [4.78, 5) is 23.3. The van der Waals surface area contributed by atoms with Gasteiger partial charge in [-0.3, -0.25) is 9.59 Å². The van der Waals surface area contributed by atoms with E-state index >= 15 is 0 Å². The Balaban J connectivity index is 1.79. The molecule has 156 valence electrons. The number of halogens is 1. The van der Waals surface area contributed by atoms with Gasteiger partial charge in [0, 0.05) is 25.2 Å². The van der Waals surface area contributed by atoms with Crippen LogP contribution in [0.25, 0.3) is 0 Å². The normalized spacial score (nSPS) is 11.0. The molecular formula is C19H22ClN3O5S. The van der Waals surface area contributed by atoms with Gasteiger partial charge in [0.2, 0.25) is 15.9 Å². The first-order valence-corrected chi connectivity index (χ1v) is 10.7. The minimum absolute atomic E-state index is 0.0368. The maximum atomic E-state index is 12.2. The number of nitrogens with one attached hydrogen (secondary N) is 3. The number of carbonyl (C=O) groups excluding carboxylic acids is 2. The molecule has 0 fully saturated rings. The fourth-order valence-corrected chi connectivity index (χ4v) is 3.84. The van der Waals surface area contributed by atoms with Gasteiger partial charge in [-0.2, -0.15) is 0 Å². The Bertz CT molecular complexity index is 949. The van der Waals surface area contributed by atoms with Crippen molar-refractivity contribution in [1.29, 1.82) is 0 Å². The molecule has 2 aromatic rings. The van der Waals surface area contributed by atoms with Gasteiger partial charge in [-0.1, -0.05) is 23.7 Å². The predicted octanol–water partition coefficient (Wildman–Crippen LogP) is 2.16. The summed E-state index contributed by atoms with van der Waals surface area (Å²) in [6, 6.07) is 12.6. The van der Waals surface area contributed by atoms with E-state index in [1.807, 2.05) is 6.92 Å². The van der Waals surface area contributed by atoms with Crippen LogP contribution in [0.5, 0.6) is 5.75 Å². The van der Waals surface area contributed by atoms with Crippen molar-refractivity contribution in [2.75, 3.05) is 25.0 Å². The van der Waals surface area contributed by atoms with Gasteiger partial charge in [0.1, 0.15) is 10.6 Å². The smallest absolute Gasteiger partial charge is 0.257 e. The lowest BCUT2D eigenvalue weighted by Crippen LogP contribution is -2.28. The maximum Gasteiger partial charge on any atom is 0.257 e. The molecule has 29 heavy (non-hydrogen) atoms. The summed E-state index contributed by atoms with van der Waals surface area (Å²) < 4.78 is 32.1. The Kier molecular flexibility index (Phi) is 8.44. The van der Waals surface area contributed by atoms with Gasteiger partial charge >= 0.3 is 0 Å². The number of hydrogen-bond acceptors (Lipinski definition) is 5. The number of sulfonamides is 1. The summed E-state index contributed by atoms with van der Waals surface area (Å²) in [5, 5.41) is 5.39. The van der Waals surface area contributed by atoms with Crippen LogP contribution in [0.4, 0.5) is 5.69 Å². The van der Waals surface area contributed by atoms with Crippen LogP contribution in [0.3, 0.4) is 0 Å². The van der Waals surface area contributed by atoms with Crippen molar-refractivity contribution in [3.8, 4) is 5.75 Å². The van der Waals surface area contributed by atoms with Crippen molar-refractivity contribution >= 4 is 39.1 Å². The molecule has 3 N–H and O–H groups in total. The number of ether oxygens (including phenoxy) is 1. The van der Waals surface area contributed by atoms with Crippen LogP contribution >= 0.6 is 11.6 Å². The second-order valence-corrected chi connectivity index (χ2v) is 8.04. The molecule has 0 aliphatic carbocycles. The first kappa shape index (κ1) is 22.7. The zero-order chi connectivity index (χ0) is 21.3. The van der Waals surface area contributed by atoms with Gasteiger partial charge in [-0.15, -0.1) is 0 Å². The van der Waals surface area contributed by atoms with Crippen LogP contribution < -0.4 is 20.1 Å². The van der Waals surface area contributed by atoms with Crippen LogP contribution in [0.2, 0.25) is 5.02 Å². The molecule has 0 saturated carbocycles. The van der Waals surface area contributed by atoms with E-state index in [4.69, 9.17) is 16.3 Å². The van der Waals surface area contributed by atoms with Crippen molar-refractivity contribution in [2.45, 2.75) is 18.2 Å². The molecular weight excluding hydrogens is 418 g/mol. The number of likely N-dealkylation sites (N-methyl/N-ethyl adjacent to an activating group) is 1. The summed E-state index contributed by atoms with van der Waals surface area (Å²) in [5.74, 6) is -0.0891. The predicted molar refractivity (Wildman–Crippen MR) is 111 cm³/mol. The van der Waals surface area contributed by atoms with E-state index in [9.17, 15) is 18.0 Å². The molecule has 0 atom stereocenters. The van der Waals surface area contributed by atoms with Crippen molar-refractivity contribution in [3.05, 3.63) is 53.6 Å². The highest BCUT2D eigenvalue weighted by Gasteiger charge is 2.17. The number of carbonyl (C=O) groups is 2. The molecule has 0 bridgehead atoms. The Morgan fingerprint density at radius 1 is 1.03 bits per heavy atom. The topological polar surface area (TPSA) is 114 Å². The zero-order valence-electron chi connectivity index (χ0n) is 15.8. The molecule has 2 amide bonds. The van der Waals surface area contributed by atoms with Crippen LogP contribution in [0.15, 0.2) is 53.4 Å². The van der Waals surface area contributed by atoms with Gasteiger partial charge in [0.05, 0.1) is 5.02 Å². The Morgan fingerprint density at radius 2 is 1.72 bits per heavy atom. The average molecular weight is 440 g/mol. The fraction of sp³-hybridized carbons (Fsp3) is 0.263. The average Bonchev–Trinajstić information content (AvgIpc) is 2.68. The van der Waals surface area contributed by atoms with Crippen molar-refractivity contribution in [3.63, 3.8) is 0 Å². The summed E-state index contributed by atoms with van der Waals surface area (Å²) in [6.45, 7) is 2.18. The SMILES string of the molecule is CCNC(=O)COc1ccc(NC(=O)CCNS(=O)(=O)c2ccccc2Cl)cc1. The number of amides is 2. The number of rotatable bonds is 10. The standard InChI is InChI=1S/C19H22ClN3O5S/c1-2-21-19(25)13-28-15-9-7-14(8-10-15)23-18(24)11-12-22-29(26,27)17-6-4-3-5-16(17)20/h3-10,22H,2,11-13H2,1H3,(H,21,25)(H,23,24). The molecule has 0 heterocycles. The summed E-state index contributed by atoms with van der Waals surface area (Å²) in [7, 11) is -3.79. The monoisotopic (exact) mass is 439 g/mol. The number of hydrogen-bond donors (Lipinski definition) is 3. The van der Waals surface area contributed by atoms with Crippen LogP contribution in [0, 0.1) is 0 Å². The molecule has 0 aromatic heterocycles. The Morgan fingerprint density at radius 3 is 2.38 bits per heavy atom. The third kappa shape index (κ3) is 7.37. The quantitative estimate of drug-likeness (QED) is 0.525. The molecule has 0 aliphatic heterocycles. The molecule has 0 radical (unpaired) electrons. The van der Waals surface area contributed by atoms with Crippen molar-refractivity contribution in [1.82, 2.24) is 10.0 Å². The molecule has 0 spiro atoms. The highest BCUT2D eigenvalue weighted by molar-refractivity contribution is 7.89. The van der Waals surface area contributed by atoms with E-state index in [1.165, 1.54) is 12.1 Å². The van der Waals surface area contributed by atoms with Gasteiger partial charge < -0.3 is 15.4 Å². The minimum atomic E-state index is -3.79. The first-order chi connectivity index (χ1) is 13.8. The molecule has 0 aliphatic rings. The third-order valence-corrected chi connectivity index (χ3v) is 5.61. The third-order valence-electron chi connectivity index (χ3n) is 3.65. The van der Waals surface area contributed by atoms with E-state index in [0.717, 1.165) is 0 Å². The van der Waals surface area contributed by atoms with E-state index < -0.39 is 10.0 Å². The van der Waals surface area contributed by atoms with Crippen LogP contribution in [-0.2, 0) is 19.6 Å². The van der Waals surface area contributed by atoms with E-state index in [2.05, 4.69) is 15.4 Å². The largest absolute Gasteiger partial charge is 0.484 e. The lowest BCUT2D eigenvalue weighted by atomic mass is 10.3. The lowest BCUT2D eigenvalue weighted by molar-refractivity contribution is -0.123. The maximum absolute atomic E-state index is 12.2. The molecule has 10 heteroatoms. The van der Waals surface area contributed by atoms with E-state index in [-0.39, 0.29) is 41.3 Å². The van der Waals surface area contributed by atoms with Crippen molar-refractivity contribution < 1.29 is 22.7 Å². The van der Waals surface area contributed by atoms with E-state index in [1.54, 1.807) is 36.4 Å². The number of benzene rings is 2. The van der Waals surface area contributed by atoms with Gasteiger partial charge in [0.25, 0.3) is 5.91 Å². The lowest BCUT2D eigenvalue weighted by Gasteiger charge is -2.10. The summed E-state index contributed by atoms with van der Waals surface area (Å²) >= 11 is 5.89. The summed E-state index contributed by atoms with van der Waals surface area (Å²) in [5.41, 5.74) is 0.523. The van der Waals surface area contributed by atoms with Gasteiger partial charge in [-0.25, -0.2) is 13.1 Å². The Hall–Kier alpha value is -2.62. The Labute approximate surface area is 174 Å². The fourth-order valence-electron chi connectivity index (χ4n) is 2.29. The molecule has 0 unspecified atom stereocenters.